The Kier molecular flexibility index (Phi) is 5.33. The molecule has 3 N–H and O–H groups in total. The number of nitrogens with zero attached hydrogens (tertiary/aromatic N) is 1. The van der Waals surface area contributed by atoms with Crippen LogP contribution in [0.4, 0.5) is 0 Å². The van der Waals surface area contributed by atoms with Crippen LogP contribution in [-0.4, -0.2) is 45.4 Å². The van der Waals surface area contributed by atoms with E-state index < -0.39 is 10.0 Å². The third-order valence-electron chi connectivity index (χ3n) is 3.81. The number of rotatable bonds is 5. The molecule has 1 unspecified atom stereocenters. The lowest BCUT2D eigenvalue weighted by molar-refractivity contribution is -0.126. The van der Waals surface area contributed by atoms with Crippen molar-refractivity contribution in [3.05, 3.63) is 35.9 Å². The molecule has 1 heterocycles. The van der Waals surface area contributed by atoms with Crippen LogP contribution in [0.25, 0.3) is 6.08 Å². The standard InChI is InChI=1S/C15H21N3O3S/c1-17-22(20,21)14-7-4-12(5-8-14)6-9-15(19)18-10-2-3-13(18)11-16/h4-9,13,17H,2-3,10-11,16H2,1H3/b9-6+. The summed E-state index contributed by atoms with van der Waals surface area (Å²) in [4.78, 5) is 14.1. The predicted octanol–water partition coefficient (Wildman–Crippen LogP) is 0.558. The molecule has 6 nitrogen and oxygen atoms in total. The van der Waals surface area contributed by atoms with E-state index >= 15 is 0 Å². The first-order chi connectivity index (χ1) is 10.5. The van der Waals surface area contributed by atoms with Crippen LogP contribution < -0.4 is 10.5 Å². The Balaban J connectivity index is 2.06. The fourth-order valence-electron chi connectivity index (χ4n) is 2.51. The second-order valence-corrected chi connectivity index (χ2v) is 7.06. The minimum Gasteiger partial charge on any atom is -0.335 e. The minimum atomic E-state index is -3.43. The van der Waals surface area contributed by atoms with Crippen LogP contribution in [0.2, 0.25) is 0 Å². The molecule has 0 radical (unpaired) electrons. The number of likely N-dealkylation sites (tertiary alicyclic amines) is 1. The quantitative estimate of drug-likeness (QED) is 0.774. The molecular weight excluding hydrogens is 302 g/mol. The fraction of sp³-hybridized carbons (Fsp3) is 0.400. The van der Waals surface area contributed by atoms with Crippen molar-refractivity contribution in [1.29, 1.82) is 0 Å². The number of amides is 1. The lowest BCUT2D eigenvalue weighted by Crippen LogP contribution is -2.38. The van der Waals surface area contributed by atoms with E-state index in [-0.39, 0.29) is 16.8 Å². The van der Waals surface area contributed by atoms with E-state index in [0.29, 0.717) is 6.54 Å². The maximum Gasteiger partial charge on any atom is 0.246 e. The maximum atomic E-state index is 12.1. The molecule has 0 aromatic heterocycles. The maximum absolute atomic E-state index is 12.1. The van der Waals surface area contributed by atoms with Crippen LogP contribution in [0.15, 0.2) is 35.2 Å². The highest BCUT2D eigenvalue weighted by Gasteiger charge is 2.25. The van der Waals surface area contributed by atoms with E-state index in [2.05, 4.69) is 4.72 Å². The van der Waals surface area contributed by atoms with Gasteiger partial charge in [0, 0.05) is 25.2 Å². The van der Waals surface area contributed by atoms with Gasteiger partial charge in [-0.25, -0.2) is 13.1 Å². The molecule has 1 aliphatic rings. The van der Waals surface area contributed by atoms with E-state index in [9.17, 15) is 13.2 Å². The van der Waals surface area contributed by atoms with Gasteiger partial charge in [0.2, 0.25) is 15.9 Å². The molecule has 0 bridgehead atoms. The average molecular weight is 323 g/mol. The van der Waals surface area contributed by atoms with Gasteiger partial charge in [-0.3, -0.25) is 4.79 Å². The summed E-state index contributed by atoms with van der Waals surface area (Å²) in [5.41, 5.74) is 6.43. The zero-order chi connectivity index (χ0) is 16.2. The first kappa shape index (κ1) is 16.7. The largest absolute Gasteiger partial charge is 0.335 e. The van der Waals surface area contributed by atoms with Crippen LogP contribution in [-0.2, 0) is 14.8 Å². The first-order valence-corrected chi connectivity index (χ1v) is 8.68. The molecule has 1 amide bonds. The summed E-state index contributed by atoms with van der Waals surface area (Å²) in [5.74, 6) is -0.0557. The molecule has 1 atom stereocenters. The number of carbonyl (C=O) groups excluding carboxylic acids is 1. The topological polar surface area (TPSA) is 92.5 Å². The van der Waals surface area contributed by atoms with Gasteiger partial charge in [0.1, 0.15) is 0 Å². The zero-order valence-corrected chi connectivity index (χ0v) is 13.3. The summed E-state index contributed by atoms with van der Waals surface area (Å²) in [5, 5.41) is 0. The zero-order valence-electron chi connectivity index (χ0n) is 12.5. The number of benzene rings is 1. The van der Waals surface area contributed by atoms with Crippen LogP contribution >= 0.6 is 0 Å². The van der Waals surface area contributed by atoms with Crippen molar-refractivity contribution in [1.82, 2.24) is 9.62 Å². The molecule has 120 valence electrons. The highest BCUT2D eigenvalue weighted by molar-refractivity contribution is 7.89. The number of sulfonamides is 1. The number of hydrogen-bond acceptors (Lipinski definition) is 4. The molecule has 2 rings (SSSR count). The summed E-state index contributed by atoms with van der Waals surface area (Å²) in [6, 6.07) is 6.47. The average Bonchev–Trinajstić information content (AvgIpc) is 3.01. The molecule has 1 aromatic carbocycles. The van der Waals surface area contributed by atoms with Crippen molar-refractivity contribution >= 4 is 22.0 Å². The fourth-order valence-corrected chi connectivity index (χ4v) is 3.24. The summed E-state index contributed by atoms with van der Waals surface area (Å²) in [6.07, 6.45) is 5.13. The van der Waals surface area contributed by atoms with E-state index in [1.54, 1.807) is 23.1 Å². The first-order valence-electron chi connectivity index (χ1n) is 7.20. The Morgan fingerprint density at radius 2 is 2.09 bits per heavy atom. The second kappa shape index (κ2) is 7.04. The van der Waals surface area contributed by atoms with Crippen molar-refractivity contribution in [2.45, 2.75) is 23.8 Å². The Labute approximate surface area is 131 Å². The monoisotopic (exact) mass is 323 g/mol. The third-order valence-corrected chi connectivity index (χ3v) is 5.24. The van der Waals surface area contributed by atoms with E-state index in [1.807, 2.05) is 0 Å². The van der Waals surface area contributed by atoms with Gasteiger partial charge >= 0.3 is 0 Å². The van der Waals surface area contributed by atoms with E-state index in [1.165, 1.54) is 25.3 Å². The van der Waals surface area contributed by atoms with Crippen LogP contribution in [0.5, 0.6) is 0 Å². The molecule has 0 spiro atoms. The Hall–Kier alpha value is -1.70. The highest BCUT2D eigenvalue weighted by Crippen LogP contribution is 2.17. The van der Waals surface area contributed by atoms with Crippen molar-refractivity contribution in [2.75, 3.05) is 20.1 Å². The number of hydrogen-bond donors (Lipinski definition) is 2. The van der Waals surface area contributed by atoms with Gasteiger partial charge in [-0.2, -0.15) is 0 Å². The second-order valence-electron chi connectivity index (χ2n) is 5.17. The van der Waals surface area contributed by atoms with Gasteiger partial charge in [-0.1, -0.05) is 12.1 Å². The van der Waals surface area contributed by atoms with Crippen LogP contribution in [0.3, 0.4) is 0 Å². The molecule has 1 fully saturated rings. The normalized spacial score (nSPS) is 19.0. The molecule has 0 saturated carbocycles. The van der Waals surface area contributed by atoms with Gasteiger partial charge in [-0.15, -0.1) is 0 Å². The molecular formula is C15H21N3O3S. The molecule has 22 heavy (non-hydrogen) atoms. The van der Waals surface area contributed by atoms with Gasteiger partial charge < -0.3 is 10.6 Å². The van der Waals surface area contributed by atoms with Gasteiger partial charge in [-0.05, 0) is 43.7 Å². The highest BCUT2D eigenvalue weighted by atomic mass is 32.2. The lowest BCUT2D eigenvalue weighted by Gasteiger charge is -2.21. The van der Waals surface area contributed by atoms with Crippen molar-refractivity contribution in [3.8, 4) is 0 Å². The van der Waals surface area contributed by atoms with Crippen LogP contribution in [0.1, 0.15) is 18.4 Å². The third kappa shape index (κ3) is 3.73. The number of nitrogens with one attached hydrogen (secondary N) is 1. The SMILES string of the molecule is CNS(=O)(=O)c1ccc(/C=C/C(=O)N2CCCC2CN)cc1. The van der Waals surface area contributed by atoms with Crippen LogP contribution in [0, 0.1) is 0 Å². The van der Waals surface area contributed by atoms with E-state index in [4.69, 9.17) is 5.73 Å². The number of nitrogens with two attached hydrogens (primary N) is 1. The minimum absolute atomic E-state index is 0.0557. The Morgan fingerprint density at radius 3 is 2.68 bits per heavy atom. The summed E-state index contributed by atoms with van der Waals surface area (Å²) < 4.78 is 25.5. The van der Waals surface area contributed by atoms with Crippen molar-refractivity contribution < 1.29 is 13.2 Å². The summed E-state index contributed by atoms with van der Waals surface area (Å²) in [6.45, 7) is 1.22. The smallest absolute Gasteiger partial charge is 0.246 e. The van der Waals surface area contributed by atoms with Gasteiger partial charge in [0.15, 0.2) is 0 Å². The van der Waals surface area contributed by atoms with Crippen molar-refractivity contribution in [3.63, 3.8) is 0 Å². The molecule has 0 aliphatic carbocycles. The van der Waals surface area contributed by atoms with Gasteiger partial charge in [0.05, 0.1) is 4.90 Å². The number of carbonyl (C=O) groups is 1. The molecule has 7 heteroatoms. The molecule has 1 aromatic rings. The van der Waals surface area contributed by atoms with Gasteiger partial charge in [0.25, 0.3) is 0 Å². The van der Waals surface area contributed by atoms with Crippen molar-refractivity contribution in [2.24, 2.45) is 5.73 Å². The lowest BCUT2D eigenvalue weighted by atomic mass is 10.2. The Bertz CT molecular complexity index is 653. The van der Waals surface area contributed by atoms with E-state index in [0.717, 1.165) is 24.9 Å². The Morgan fingerprint density at radius 1 is 1.41 bits per heavy atom. The summed E-state index contributed by atoms with van der Waals surface area (Å²) in [7, 11) is -2.07. The predicted molar refractivity (Wildman–Crippen MR) is 85.5 cm³/mol. The molecule has 1 aliphatic heterocycles. The molecule has 1 saturated heterocycles. The summed E-state index contributed by atoms with van der Waals surface area (Å²) >= 11 is 0.